The van der Waals surface area contributed by atoms with Crippen LogP contribution in [-0.2, 0) is 4.79 Å². The average molecular weight is 228 g/mol. The summed E-state index contributed by atoms with van der Waals surface area (Å²) in [6.07, 6.45) is 3.94. The molecule has 1 atom stereocenters. The van der Waals surface area contributed by atoms with Crippen molar-refractivity contribution < 1.29 is 9.90 Å². The third kappa shape index (κ3) is 3.76. The van der Waals surface area contributed by atoms with Crippen molar-refractivity contribution in [3.05, 3.63) is 0 Å². The molecule has 0 spiro atoms. The van der Waals surface area contributed by atoms with Crippen LogP contribution in [0, 0.1) is 0 Å². The minimum atomic E-state index is 0.0673. The van der Waals surface area contributed by atoms with Gasteiger partial charge in [0, 0.05) is 25.0 Å². The lowest BCUT2D eigenvalue weighted by Gasteiger charge is -2.37. The normalized spacial score (nSPS) is 17.9. The predicted octanol–water partition coefficient (Wildman–Crippen LogP) is 0.748. The molecule has 1 unspecified atom stereocenters. The highest BCUT2D eigenvalue weighted by Gasteiger charge is 2.28. The van der Waals surface area contributed by atoms with Gasteiger partial charge in [0.1, 0.15) is 0 Å². The molecule has 0 bridgehead atoms. The van der Waals surface area contributed by atoms with E-state index in [2.05, 4.69) is 5.32 Å². The maximum absolute atomic E-state index is 12.0. The molecule has 0 radical (unpaired) electrons. The molecule has 94 valence electrons. The topological polar surface area (TPSA) is 52.6 Å². The first-order chi connectivity index (χ1) is 7.69. The van der Waals surface area contributed by atoms with Crippen molar-refractivity contribution in [1.29, 1.82) is 0 Å². The number of rotatable bonds is 7. The van der Waals surface area contributed by atoms with Crippen LogP contribution in [0.5, 0.6) is 0 Å². The van der Waals surface area contributed by atoms with E-state index in [1.807, 2.05) is 18.7 Å². The Hall–Kier alpha value is -0.610. The fourth-order valence-corrected chi connectivity index (χ4v) is 2.12. The van der Waals surface area contributed by atoms with E-state index in [0.29, 0.717) is 19.0 Å². The Morgan fingerprint density at radius 2 is 2.25 bits per heavy atom. The summed E-state index contributed by atoms with van der Waals surface area (Å²) < 4.78 is 0. The van der Waals surface area contributed by atoms with Gasteiger partial charge in [-0.15, -0.1) is 0 Å². The predicted molar refractivity (Wildman–Crippen MR) is 64.2 cm³/mol. The van der Waals surface area contributed by atoms with Crippen LogP contribution in [0.25, 0.3) is 0 Å². The quantitative estimate of drug-likeness (QED) is 0.676. The number of nitrogens with zero attached hydrogens (tertiary/aromatic N) is 1. The first-order valence-electron chi connectivity index (χ1n) is 6.32. The van der Waals surface area contributed by atoms with Crippen LogP contribution >= 0.6 is 0 Å². The molecule has 1 aliphatic carbocycles. The fraction of sp³-hybridized carbons (Fsp3) is 0.917. The maximum Gasteiger partial charge on any atom is 0.224 e. The number of hydrogen-bond acceptors (Lipinski definition) is 3. The summed E-state index contributed by atoms with van der Waals surface area (Å²) >= 11 is 0. The van der Waals surface area contributed by atoms with Gasteiger partial charge in [-0.25, -0.2) is 0 Å². The zero-order valence-electron chi connectivity index (χ0n) is 10.4. The van der Waals surface area contributed by atoms with Gasteiger partial charge in [-0.05, 0) is 32.7 Å². The van der Waals surface area contributed by atoms with Crippen LogP contribution in [-0.4, -0.2) is 47.7 Å². The standard InChI is InChI=1S/C12H24N2O2/c1-3-13-10(2)9-12(16)14(7-8-15)11-5-4-6-11/h10-11,13,15H,3-9H2,1-2H3. The fourth-order valence-electron chi connectivity index (χ4n) is 2.12. The van der Waals surface area contributed by atoms with Gasteiger partial charge in [0.25, 0.3) is 0 Å². The summed E-state index contributed by atoms with van der Waals surface area (Å²) in [6, 6.07) is 0.604. The Kier molecular flexibility index (Phi) is 5.77. The van der Waals surface area contributed by atoms with Gasteiger partial charge in [-0.3, -0.25) is 4.79 Å². The molecular weight excluding hydrogens is 204 g/mol. The molecule has 0 aromatic heterocycles. The highest BCUT2D eigenvalue weighted by Crippen LogP contribution is 2.25. The lowest BCUT2D eigenvalue weighted by Crippen LogP contribution is -2.47. The number of amides is 1. The molecule has 1 amide bonds. The monoisotopic (exact) mass is 228 g/mol. The highest BCUT2D eigenvalue weighted by atomic mass is 16.3. The smallest absolute Gasteiger partial charge is 0.224 e. The van der Waals surface area contributed by atoms with E-state index in [1.165, 1.54) is 6.42 Å². The molecule has 1 aliphatic rings. The van der Waals surface area contributed by atoms with Crippen molar-refractivity contribution in [2.45, 2.75) is 51.6 Å². The maximum atomic E-state index is 12.0. The van der Waals surface area contributed by atoms with E-state index in [4.69, 9.17) is 5.11 Å². The van der Waals surface area contributed by atoms with Crippen molar-refractivity contribution in [2.75, 3.05) is 19.7 Å². The summed E-state index contributed by atoms with van der Waals surface area (Å²) in [5.74, 6) is 0.173. The molecule has 0 aromatic carbocycles. The van der Waals surface area contributed by atoms with E-state index in [9.17, 15) is 4.79 Å². The zero-order valence-corrected chi connectivity index (χ0v) is 10.4. The zero-order chi connectivity index (χ0) is 12.0. The second kappa shape index (κ2) is 6.86. The van der Waals surface area contributed by atoms with Crippen LogP contribution in [0.1, 0.15) is 39.5 Å². The van der Waals surface area contributed by atoms with Gasteiger partial charge >= 0.3 is 0 Å². The van der Waals surface area contributed by atoms with E-state index in [-0.39, 0.29) is 18.6 Å². The Bertz CT molecular complexity index is 217. The summed E-state index contributed by atoms with van der Waals surface area (Å²) in [5.41, 5.74) is 0. The van der Waals surface area contributed by atoms with E-state index in [1.54, 1.807) is 0 Å². The lowest BCUT2D eigenvalue weighted by atomic mass is 9.91. The van der Waals surface area contributed by atoms with E-state index in [0.717, 1.165) is 19.4 Å². The second-order valence-corrected chi connectivity index (χ2v) is 4.56. The Morgan fingerprint density at radius 3 is 2.69 bits per heavy atom. The SMILES string of the molecule is CCNC(C)CC(=O)N(CCO)C1CCC1. The molecular formula is C12H24N2O2. The molecule has 4 nitrogen and oxygen atoms in total. The minimum absolute atomic E-state index is 0.0673. The first kappa shape index (κ1) is 13.5. The summed E-state index contributed by atoms with van der Waals surface area (Å²) in [4.78, 5) is 13.9. The van der Waals surface area contributed by atoms with Crippen molar-refractivity contribution in [1.82, 2.24) is 10.2 Å². The van der Waals surface area contributed by atoms with Crippen LogP contribution in [0.2, 0.25) is 0 Å². The molecule has 1 rings (SSSR count). The second-order valence-electron chi connectivity index (χ2n) is 4.56. The summed E-state index contributed by atoms with van der Waals surface area (Å²) in [5, 5.41) is 12.2. The van der Waals surface area contributed by atoms with Crippen LogP contribution in [0.15, 0.2) is 0 Å². The number of nitrogens with one attached hydrogen (secondary N) is 1. The third-order valence-electron chi connectivity index (χ3n) is 3.21. The highest BCUT2D eigenvalue weighted by molar-refractivity contribution is 5.77. The Labute approximate surface area is 98.0 Å². The molecule has 0 aliphatic heterocycles. The molecule has 0 heterocycles. The van der Waals surface area contributed by atoms with Gasteiger partial charge < -0.3 is 15.3 Å². The van der Waals surface area contributed by atoms with E-state index < -0.39 is 0 Å². The van der Waals surface area contributed by atoms with Crippen LogP contribution < -0.4 is 5.32 Å². The first-order valence-corrected chi connectivity index (χ1v) is 6.32. The summed E-state index contributed by atoms with van der Waals surface area (Å²) in [7, 11) is 0. The molecule has 16 heavy (non-hydrogen) atoms. The van der Waals surface area contributed by atoms with Crippen LogP contribution in [0.3, 0.4) is 0 Å². The summed E-state index contributed by atoms with van der Waals surface area (Å²) in [6.45, 7) is 5.51. The van der Waals surface area contributed by atoms with Crippen LogP contribution in [0.4, 0.5) is 0 Å². The third-order valence-corrected chi connectivity index (χ3v) is 3.21. The number of carbonyl (C=O) groups is 1. The van der Waals surface area contributed by atoms with Gasteiger partial charge in [0.05, 0.1) is 6.61 Å². The molecule has 2 N–H and O–H groups in total. The number of aliphatic hydroxyl groups excluding tert-OH is 1. The Morgan fingerprint density at radius 1 is 1.56 bits per heavy atom. The number of hydrogen-bond donors (Lipinski definition) is 2. The lowest BCUT2D eigenvalue weighted by molar-refractivity contribution is -0.136. The van der Waals surface area contributed by atoms with Crippen molar-refractivity contribution in [3.8, 4) is 0 Å². The average Bonchev–Trinajstić information content (AvgIpc) is 2.14. The molecule has 0 aromatic rings. The molecule has 1 fully saturated rings. The largest absolute Gasteiger partial charge is 0.395 e. The Balaban J connectivity index is 2.40. The van der Waals surface area contributed by atoms with Crippen molar-refractivity contribution in [2.24, 2.45) is 0 Å². The molecule has 4 heteroatoms. The minimum Gasteiger partial charge on any atom is -0.395 e. The van der Waals surface area contributed by atoms with Gasteiger partial charge in [-0.1, -0.05) is 6.92 Å². The number of carbonyl (C=O) groups excluding carboxylic acids is 1. The van der Waals surface area contributed by atoms with Gasteiger partial charge in [-0.2, -0.15) is 0 Å². The molecule has 0 saturated heterocycles. The molecule has 1 saturated carbocycles. The van der Waals surface area contributed by atoms with Crippen molar-refractivity contribution in [3.63, 3.8) is 0 Å². The van der Waals surface area contributed by atoms with Crippen molar-refractivity contribution >= 4 is 5.91 Å². The van der Waals surface area contributed by atoms with E-state index >= 15 is 0 Å². The van der Waals surface area contributed by atoms with Gasteiger partial charge in [0.15, 0.2) is 0 Å². The number of aliphatic hydroxyl groups is 1. The van der Waals surface area contributed by atoms with Gasteiger partial charge in [0.2, 0.25) is 5.91 Å².